The Morgan fingerprint density at radius 1 is 1.11 bits per heavy atom. The molecule has 0 radical (unpaired) electrons. The topological polar surface area (TPSA) is 48.1 Å². The Morgan fingerprint density at radius 2 is 1.72 bits per heavy atom. The fraction of sp³-hybridized carbons (Fsp3) is 0.214. The minimum absolute atomic E-state index is 0.427. The number of nitrogens with two attached hydrogens (primary N) is 1. The normalized spacial score (nSPS) is 10.4. The van der Waals surface area contributed by atoms with Crippen molar-refractivity contribution in [3.05, 3.63) is 46.1 Å². The van der Waals surface area contributed by atoms with Gasteiger partial charge < -0.3 is 10.5 Å². The molecular formula is C14H15ClN2O. The molecule has 0 unspecified atom stereocenters. The second kappa shape index (κ2) is 4.86. The van der Waals surface area contributed by atoms with E-state index in [9.17, 15) is 0 Å². The van der Waals surface area contributed by atoms with Crippen LogP contribution in [0.5, 0.6) is 11.6 Å². The molecular weight excluding hydrogens is 248 g/mol. The Hall–Kier alpha value is -1.74. The van der Waals surface area contributed by atoms with Crippen LogP contribution in [-0.2, 0) is 0 Å². The third kappa shape index (κ3) is 2.57. The van der Waals surface area contributed by atoms with E-state index in [2.05, 4.69) is 4.98 Å². The fourth-order valence-corrected chi connectivity index (χ4v) is 1.81. The van der Waals surface area contributed by atoms with Crippen molar-refractivity contribution in [1.82, 2.24) is 4.98 Å². The number of rotatable bonds is 2. The molecule has 94 valence electrons. The van der Waals surface area contributed by atoms with Gasteiger partial charge in [0.05, 0.1) is 5.69 Å². The summed E-state index contributed by atoms with van der Waals surface area (Å²) in [6, 6.07) is 7.38. The number of hydrogen-bond donors (Lipinski definition) is 1. The summed E-state index contributed by atoms with van der Waals surface area (Å²) in [5.41, 5.74) is 9.15. The lowest BCUT2D eigenvalue weighted by Crippen LogP contribution is -1.97. The molecule has 0 aliphatic heterocycles. The lowest BCUT2D eigenvalue weighted by Gasteiger charge is -2.10. The zero-order valence-corrected chi connectivity index (χ0v) is 11.4. The summed E-state index contributed by atoms with van der Waals surface area (Å²) in [6.07, 6.45) is 0. The Labute approximate surface area is 112 Å². The first-order chi connectivity index (χ1) is 8.47. The summed E-state index contributed by atoms with van der Waals surface area (Å²) < 4.78 is 5.71. The van der Waals surface area contributed by atoms with Gasteiger partial charge in [0, 0.05) is 10.7 Å². The minimum Gasteiger partial charge on any atom is -0.437 e. The molecule has 0 atom stereocenters. The quantitative estimate of drug-likeness (QED) is 0.889. The third-order valence-corrected chi connectivity index (χ3v) is 3.25. The average molecular weight is 263 g/mol. The molecule has 0 fully saturated rings. The largest absolute Gasteiger partial charge is 0.437 e. The van der Waals surface area contributed by atoms with E-state index >= 15 is 0 Å². The predicted molar refractivity (Wildman–Crippen MR) is 74.4 cm³/mol. The molecule has 2 aromatic rings. The van der Waals surface area contributed by atoms with Gasteiger partial charge in [0.1, 0.15) is 5.75 Å². The first-order valence-electron chi connectivity index (χ1n) is 5.65. The summed E-state index contributed by atoms with van der Waals surface area (Å²) in [5.74, 6) is 1.12. The van der Waals surface area contributed by atoms with Gasteiger partial charge in [0.25, 0.3) is 0 Å². The number of aromatic nitrogens is 1. The number of ether oxygens (including phenoxy) is 1. The van der Waals surface area contributed by atoms with E-state index in [1.54, 1.807) is 6.07 Å². The lowest BCUT2D eigenvalue weighted by atomic mass is 10.1. The minimum atomic E-state index is 0.427. The summed E-state index contributed by atoms with van der Waals surface area (Å²) in [6.45, 7) is 5.77. The number of benzene rings is 1. The molecule has 1 heterocycles. The second-order valence-electron chi connectivity index (χ2n) is 4.32. The molecule has 2 rings (SSSR count). The monoisotopic (exact) mass is 262 g/mol. The van der Waals surface area contributed by atoms with E-state index in [0.29, 0.717) is 17.3 Å². The summed E-state index contributed by atoms with van der Waals surface area (Å²) in [7, 11) is 0. The van der Waals surface area contributed by atoms with Crippen LogP contribution >= 0.6 is 11.6 Å². The molecule has 0 spiro atoms. The highest BCUT2D eigenvalue weighted by atomic mass is 35.5. The average Bonchev–Trinajstić information content (AvgIpc) is 2.31. The molecule has 18 heavy (non-hydrogen) atoms. The van der Waals surface area contributed by atoms with Crippen molar-refractivity contribution in [2.24, 2.45) is 0 Å². The summed E-state index contributed by atoms with van der Waals surface area (Å²) in [5, 5.41) is 0.757. The fourth-order valence-electron chi connectivity index (χ4n) is 1.70. The maximum Gasteiger partial charge on any atom is 0.242 e. The number of nitrogens with zero attached hydrogens (tertiary/aromatic N) is 1. The molecule has 0 aliphatic carbocycles. The molecule has 0 saturated heterocycles. The van der Waals surface area contributed by atoms with E-state index in [1.807, 2.05) is 39.0 Å². The molecule has 0 bridgehead atoms. The number of pyridine rings is 1. The van der Waals surface area contributed by atoms with Crippen LogP contribution < -0.4 is 10.5 Å². The molecule has 1 aromatic heterocycles. The van der Waals surface area contributed by atoms with Crippen LogP contribution in [0.2, 0.25) is 5.02 Å². The van der Waals surface area contributed by atoms with Gasteiger partial charge in [-0.1, -0.05) is 11.6 Å². The molecule has 0 saturated carbocycles. The molecule has 0 aliphatic rings. The highest BCUT2D eigenvalue weighted by Crippen LogP contribution is 2.30. The summed E-state index contributed by atoms with van der Waals surface area (Å²) >= 11 is 6.11. The zero-order chi connectivity index (χ0) is 13.3. The number of halogens is 1. The number of nitrogen functional groups attached to an aromatic ring is 1. The van der Waals surface area contributed by atoms with Crippen LogP contribution in [0.3, 0.4) is 0 Å². The highest BCUT2D eigenvalue weighted by Gasteiger charge is 2.07. The SMILES string of the molecule is Cc1ccc(N)c(Oc2cc(C)c(Cl)c(C)c2)n1. The van der Waals surface area contributed by atoms with E-state index in [4.69, 9.17) is 22.1 Å². The van der Waals surface area contributed by atoms with Crippen LogP contribution in [0, 0.1) is 20.8 Å². The van der Waals surface area contributed by atoms with Crippen molar-refractivity contribution in [1.29, 1.82) is 0 Å². The Kier molecular flexibility index (Phi) is 3.43. The molecule has 1 aromatic carbocycles. The van der Waals surface area contributed by atoms with E-state index in [0.717, 1.165) is 21.8 Å². The van der Waals surface area contributed by atoms with E-state index in [1.165, 1.54) is 0 Å². The van der Waals surface area contributed by atoms with E-state index < -0.39 is 0 Å². The van der Waals surface area contributed by atoms with Crippen molar-refractivity contribution < 1.29 is 4.74 Å². The Morgan fingerprint density at radius 3 is 2.33 bits per heavy atom. The van der Waals surface area contributed by atoms with Gasteiger partial charge in [0.15, 0.2) is 0 Å². The van der Waals surface area contributed by atoms with Crippen molar-refractivity contribution in [2.75, 3.05) is 5.73 Å². The first-order valence-corrected chi connectivity index (χ1v) is 6.03. The van der Waals surface area contributed by atoms with Gasteiger partial charge in [-0.3, -0.25) is 0 Å². The molecule has 0 amide bonds. The Balaban J connectivity index is 2.37. The standard InChI is InChI=1S/C14H15ClN2O/c1-8-6-11(7-9(2)13(8)15)18-14-12(16)5-4-10(3)17-14/h4-7H,16H2,1-3H3. The third-order valence-electron chi connectivity index (χ3n) is 2.65. The maximum atomic E-state index is 6.11. The number of anilines is 1. The van der Waals surface area contributed by atoms with Crippen LogP contribution in [0.15, 0.2) is 24.3 Å². The van der Waals surface area contributed by atoms with Crippen molar-refractivity contribution in [2.45, 2.75) is 20.8 Å². The van der Waals surface area contributed by atoms with Crippen molar-refractivity contribution in [3.8, 4) is 11.6 Å². The van der Waals surface area contributed by atoms with Gasteiger partial charge >= 0.3 is 0 Å². The summed E-state index contributed by atoms with van der Waals surface area (Å²) in [4.78, 5) is 4.27. The van der Waals surface area contributed by atoms with E-state index in [-0.39, 0.29) is 0 Å². The van der Waals surface area contributed by atoms with Crippen LogP contribution in [0.4, 0.5) is 5.69 Å². The van der Waals surface area contributed by atoms with Crippen molar-refractivity contribution in [3.63, 3.8) is 0 Å². The van der Waals surface area contributed by atoms with Crippen molar-refractivity contribution >= 4 is 17.3 Å². The van der Waals surface area contributed by atoms with Gasteiger partial charge in [-0.25, -0.2) is 4.98 Å². The molecule has 4 heteroatoms. The second-order valence-corrected chi connectivity index (χ2v) is 4.70. The smallest absolute Gasteiger partial charge is 0.242 e. The molecule has 2 N–H and O–H groups in total. The van der Waals surface area contributed by atoms with Crippen LogP contribution in [-0.4, -0.2) is 4.98 Å². The van der Waals surface area contributed by atoms with Gasteiger partial charge in [0.2, 0.25) is 5.88 Å². The number of aryl methyl sites for hydroxylation is 3. The van der Waals surface area contributed by atoms with Crippen LogP contribution in [0.25, 0.3) is 0 Å². The van der Waals surface area contributed by atoms with Gasteiger partial charge in [-0.05, 0) is 56.2 Å². The first kappa shape index (κ1) is 12.7. The molecule has 3 nitrogen and oxygen atoms in total. The zero-order valence-electron chi connectivity index (χ0n) is 10.6. The predicted octanol–water partition coefficient (Wildman–Crippen LogP) is 4.03. The number of hydrogen-bond acceptors (Lipinski definition) is 3. The maximum absolute atomic E-state index is 6.11. The highest BCUT2D eigenvalue weighted by molar-refractivity contribution is 6.32. The van der Waals surface area contributed by atoms with Crippen LogP contribution in [0.1, 0.15) is 16.8 Å². The van der Waals surface area contributed by atoms with Gasteiger partial charge in [-0.15, -0.1) is 0 Å². The Bertz CT molecular complexity index is 573. The van der Waals surface area contributed by atoms with Gasteiger partial charge in [-0.2, -0.15) is 0 Å². The lowest BCUT2D eigenvalue weighted by molar-refractivity contribution is 0.463.